The quantitative estimate of drug-likeness (QED) is 0.804. The number of carboxylic acids is 1. The molecule has 1 amide bonds. The molecule has 2 atom stereocenters. The highest BCUT2D eigenvalue weighted by Crippen LogP contribution is 2.40. The molecule has 4 heteroatoms. The van der Waals surface area contributed by atoms with Gasteiger partial charge in [-0.2, -0.15) is 0 Å². The van der Waals surface area contributed by atoms with Gasteiger partial charge in [-0.25, -0.2) is 0 Å². The van der Waals surface area contributed by atoms with Gasteiger partial charge < -0.3 is 10.4 Å². The van der Waals surface area contributed by atoms with Gasteiger partial charge in [0.1, 0.15) is 0 Å². The van der Waals surface area contributed by atoms with Crippen LogP contribution in [0.5, 0.6) is 0 Å². The molecule has 0 aliphatic heterocycles. The van der Waals surface area contributed by atoms with Gasteiger partial charge in [0.05, 0.1) is 11.8 Å². The molecule has 0 heterocycles. The molecule has 0 aromatic rings. The predicted octanol–water partition coefficient (Wildman–Crippen LogP) is 2.43. The first-order valence-corrected chi connectivity index (χ1v) is 7.42. The van der Waals surface area contributed by atoms with Crippen molar-refractivity contribution < 1.29 is 14.7 Å². The molecule has 2 fully saturated rings. The van der Waals surface area contributed by atoms with Crippen LogP contribution >= 0.6 is 0 Å². The van der Waals surface area contributed by atoms with Crippen LogP contribution in [0.3, 0.4) is 0 Å². The van der Waals surface area contributed by atoms with E-state index in [1.165, 1.54) is 32.1 Å². The maximum absolute atomic E-state index is 11.9. The highest BCUT2D eigenvalue weighted by molar-refractivity contribution is 5.89. The SMILES string of the molecule is CC(C)(CNC(=O)C1CC1C(=O)O)C1CCCCC1. The largest absolute Gasteiger partial charge is 0.481 e. The molecule has 2 aliphatic carbocycles. The highest BCUT2D eigenvalue weighted by Gasteiger charge is 2.48. The fourth-order valence-electron chi connectivity index (χ4n) is 3.23. The molecule has 108 valence electrons. The van der Waals surface area contributed by atoms with Crippen molar-refractivity contribution in [1.29, 1.82) is 0 Å². The van der Waals surface area contributed by atoms with E-state index in [1.54, 1.807) is 0 Å². The topological polar surface area (TPSA) is 66.4 Å². The third-order valence-electron chi connectivity index (χ3n) is 4.87. The first-order chi connectivity index (χ1) is 8.92. The van der Waals surface area contributed by atoms with Gasteiger partial charge in [0.2, 0.25) is 5.91 Å². The van der Waals surface area contributed by atoms with Crippen molar-refractivity contribution >= 4 is 11.9 Å². The van der Waals surface area contributed by atoms with Crippen LogP contribution < -0.4 is 5.32 Å². The second-order valence-corrected chi connectivity index (χ2v) is 6.83. The summed E-state index contributed by atoms with van der Waals surface area (Å²) in [5.41, 5.74) is 0.115. The molecule has 2 saturated carbocycles. The second-order valence-electron chi connectivity index (χ2n) is 6.83. The Labute approximate surface area is 115 Å². The van der Waals surface area contributed by atoms with Crippen LogP contribution in [-0.4, -0.2) is 23.5 Å². The molecule has 0 aromatic carbocycles. The summed E-state index contributed by atoms with van der Waals surface area (Å²) >= 11 is 0. The standard InChI is InChI=1S/C15H25NO3/c1-15(2,10-6-4-3-5-7-10)9-16-13(17)11-8-12(11)14(18)19/h10-12H,3-9H2,1-2H3,(H,16,17)(H,18,19). The van der Waals surface area contributed by atoms with Crippen molar-refractivity contribution in [3.05, 3.63) is 0 Å². The Morgan fingerprint density at radius 3 is 2.32 bits per heavy atom. The lowest BCUT2D eigenvalue weighted by Crippen LogP contribution is -2.40. The fourth-order valence-corrected chi connectivity index (χ4v) is 3.23. The molecule has 2 N–H and O–H groups in total. The van der Waals surface area contributed by atoms with Crippen molar-refractivity contribution in [2.75, 3.05) is 6.54 Å². The molecule has 0 spiro atoms. The average Bonchev–Trinajstić information content (AvgIpc) is 3.17. The molecule has 0 radical (unpaired) electrons. The Morgan fingerprint density at radius 2 is 1.79 bits per heavy atom. The molecule has 19 heavy (non-hydrogen) atoms. The Kier molecular flexibility index (Phi) is 4.16. The third-order valence-corrected chi connectivity index (χ3v) is 4.87. The van der Waals surface area contributed by atoms with Gasteiger partial charge in [-0.05, 0) is 30.6 Å². The van der Waals surface area contributed by atoms with E-state index in [2.05, 4.69) is 19.2 Å². The minimum Gasteiger partial charge on any atom is -0.481 e. The maximum Gasteiger partial charge on any atom is 0.307 e. The van der Waals surface area contributed by atoms with Crippen LogP contribution in [0.15, 0.2) is 0 Å². The lowest BCUT2D eigenvalue weighted by atomic mass is 9.71. The van der Waals surface area contributed by atoms with Gasteiger partial charge in [-0.3, -0.25) is 9.59 Å². The van der Waals surface area contributed by atoms with Crippen molar-refractivity contribution in [1.82, 2.24) is 5.32 Å². The minimum absolute atomic E-state index is 0.0729. The lowest BCUT2D eigenvalue weighted by Gasteiger charge is -2.37. The van der Waals surface area contributed by atoms with Crippen LogP contribution in [0.4, 0.5) is 0 Å². The number of aliphatic carboxylic acids is 1. The van der Waals surface area contributed by atoms with E-state index in [1.807, 2.05) is 0 Å². The van der Waals surface area contributed by atoms with Crippen molar-refractivity contribution in [3.63, 3.8) is 0 Å². The number of hydrogen-bond acceptors (Lipinski definition) is 2. The van der Waals surface area contributed by atoms with Crippen LogP contribution in [-0.2, 0) is 9.59 Å². The molecule has 2 rings (SSSR count). The molecule has 4 nitrogen and oxygen atoms in total. The number of carbonyl (C=O) groups is 2. The van der Waals surface area contributed by atoms with Gasteiger partial charge in [-0.1, -0.05) is 33.1 Å². The Hall–Kier alpha value is -1.06. The second kappa shape index (κ2) is 5.51. The minimum atomic E-state index is -0.841. The number of nitrogens with one attached hydrogen (secondary N) is 1. The van der Waals surface area contributed by atoms with Gasteiger partial charge >= 0.3 is 5.97 Å². The van der Waals surface area contributed by atoms with Crippen LogP contribution in [0.2, 0.25) is 0 Å². The summed E-state index contributed by atoms with van der Waals surface area (Å²) in [5, 5.41) is 11.8. The van der Waals surface area contributed by atoms with Gasteiger partial charge in [0, 0.05) is 6.54 Å². The van der Waals surface area contributed by atoms with Crippen molar-refractivity contribution in [2.45, 2.75) is 52.4 Å². The van der Waals surface area contributed by atoms with E-state index >= 15 is 0 Å². The molecule has 2 unspecified atom stereocenters. The highest BCUT2D eigenvalue weighted by atomic mass is 16.4. The third kappa shape index (κ3) is 3.48. The number of carboxylic acid groups (broad SMARTS) is 1. The zero-order valence-corrected chi connectivity index (χ0v) is 11.9. The van der Waals surface area contributed by atoms with Crippen LogP contribution in [0.25, 0.3) is 0 Å². The number of amides is 1. The Balaban J connectivity index is 1.77. The predicted molar refractivity (Wildman–Crippen MR) is 72.6 cm³/mol. The Bertz CT molecular complexity index is 358. The normalized spacial score (nSPS) is 27.9. The monoisotopic (exact) mass is 267 g/mol. The van der Waals surface area contributed by atoms with Gasteiger partial charge in [-0.15, -0.1) is 0 Å². The number of carbonyl (C=O) groups excluding carboxylic acids is 1. The van der Waals surface area contributed by atoms with E-state index in [0.29, 0.717) is 18.9 Å². The van der Waals surface area contributed by atoms with Crippen LogP contribution in [0.1, 0.15) is 52.4 Å². The van der Waals surface area contributed by atoms with Crippen LogP contribution in [0, 0.1) is 23.2 Å². The van der Waals surface area contributed by atoms with Gasteiger partial charge in [0.15, 0.2) is 0 Å². The van der Waals surface area contributed by atoms with E-state index in [0.717, 1.165) is 0 Å². The molecule has 2 aliphatic rings. The lowest BCUT2D eigenvalue weighted by molar-refractivity contribution is -0.140. The van der Waals surface area contributed by atoms with Gasteiger partial charge in [0.25, 0.3) is 0 Å². The van der Waals surface area contributed by atoms with E-state index in [4.69, 9.17) is 5.11 Å². The summed E-state index contributed by atoms with van der Waals surface area (Å²) in [6.07, 6.45) is 6.94. The summed E-state index contributed by atoms with van der Waals surface area (Å²) in [6, 6.07) is 0. The molecule has 0 aromatic heterocycles. The fraction of sp³-hybridized carbons (Fsp3) is 0.867. The maximum atomic E-state index is 11.9. The summed E-state index contributed by atoms with van der Waals surface area (Å²) in [6.45, 7) is 5.09. The van der Waals surface area contributed by atoms with E-state index in [-0.39, 0.29) is 17.2 Å². The van der Waals surface area contributed by atoms with Crippen molar-refractivity contribution in [3.8, 4) is 0 Å². The summed E-state index contributed by atoms with van der Waals surface area (Å²) in [4.78, 5) is 22.6. The van der Waals surface area contributed by atoms with E-state index < -0.39 is 11.9 Å². The van der Waals surface area contributed by atoms with E-state index in [9.17, 15) is 9.59 Å². The molecule has 0 bridgehead atoms. The number of rotatable bonds is 5. The molecule has 0 saturated heterocycles. The smallest absolute Gasteiger partial charge is 0.307 e. The molecular weight excluding hydrogens is 242 g/mol. The first kappa shape index (κ1) is 14.4. The number of hydrogen-bond donors (Lipinski definition) is 2. The zero-order valence-electron chi connectivity index (χ0n) is 11.9. The zero-order chi connectivity index (χ0) is 14.0. The first-order valence-electron chi connectivity index (χ1n) is 7.42. The summed E-state index contributed by atoms with van der Waals surface area (Å²) in [7, 11) is 0. The average molecular weight is 267 g/mol. The Morgan fingerprint density at radius 1 is 1.16 bits per heavy atom. The molecular formula is C15H25NO3. The van der Waals surface area contributed by atoms with Crippen molar-refractivity contribution in [2.24, 2.45) is 23.2 Å². The summed E-state index contributed by atoms with van der Waals surface area (Å²) in [5.74, 6) is -0.976. The summed E-state index contributed by atoms with van der Waals surface area (Å²) < 4.78 is 0.